The van der Waals surface area contributed by atoms with Crippen LogP contribution in [0.15, 0.2) is 24.3 Å². The van der Waals surface area contributed by atoms with Crippen molar-refractivity contribution in [1.29, 1.82) is 0 Å². The summed E-state index contributed by atoms with van der Waals surface area (Å²) in [6.07, 6.45) is 2.14. The van der Waals surface area contributed by atoms with Gasteiger partial charge in [-0.05, 0) is 51.4 Å². The number of rotatable bonds is 5. The van der Waals surface area contributed by atoms with Gasteiger partial charge in [0.1, 0.15) is 5.75 Å². The number of nitrogens with zero attached hydrogens (tertiary/aromatic N) is 1. The van der Waals surface area contributed by atoms with Gasteiger partial charge in [0.2, 0.25) is 0 Å². The second kappa shape index (κ2) is 6.99. The smallest absolute Gasteiger partial charge is 0.387 e. The van der Waals surface area contributed by atoms with E-state index in [1.165, 1.54) is 0 Å². The van der Waals surface area contributed by atoms with Gasteiger partial charge in [-0.3, -0.25) is 4.90 Å². The van der Waals surface area contributed by atoms with Crippen molar-refractivity contribution in [3.05, 3.63) is 29.8 Å². The van der Waals surface area contributed by atoms with Gasteiger partial charge in [-0.1, -0.05) is 18.2 Å². The molecular formula is C15H22F2N2O. The molecule has 0 bridgehead atoms. The average molecular weight is 284 g/mol. The molecule has 1 saturated heterocycles. The molecule has 0 aliphatic carbocycles. The van der Waals surface area contributed by atoms with Crippen LogP contribution in [0, 0.1) is 5.92 Å². The van der Waals surface area contributed by atoms with Gasteiger partial charge in [0.15, 0.2) is 0 Å². The molecule has 1 aromatic rings. The first-order chi connectivity index (χ1) is 9.61. The number of nitrogens with two attached hydrogens (primary N) is 1. The minimum atomic E-state index is -2.79. The zero-order chi connectivity index (χ0) is 14.5. The summed E-state index contributed by atoms with van der Waals surface area (Å²) >= 11 is 0. The molecule has 1 fully saturated rings. The van der Waals surface area contributed by atoms with E-state index in [0.29, 0.717) is 5.92 Å². The van der Waals surface area contributed by atoms with Crippen molar-refractivity contribution < 1.29 is 13.5 Å². The topological polar surface area (TPSA) is 38.5 Å². The molecule has 2 N–H and O–H groups in total. The van der Waals surface area contributed by atoms with Gasteiger partial charge >= 0.3 is 6.61 Å². The molecule has 0 aromatic heterocycles. The maximum atomic E-state index is 12.5. The monoisotopic (exact) mass is 284 g/mol. The van der Waals surface area contributed by atoms with E-state index in [2.05, 4.69) is 9.64 Å². The number of alkyl halides is 2. The lowest BCUT2D eigenvalue weighted by atomic mass is 9.94. The summed E-state index contributed by atoms with van der Waals surface area (Å²) in [7, 11) is 0. The maximum Gasteiger partial charge on any atom is 0.387 e. The van der Waals surface area contributed by atoms with E-state index >= 15 is 0 Å². The summed E-state index contributed by atoms with van der Waals surface area (Å²) < 4.78 is 29.5. The Labute approximate surface area is 118 Å². The third-order valence-electron chi connectivity index (χ3n) is 4.12. The molecule has 20 heavy (non-hydrogen) atoms. The van der Waals surface area contributed by atoms with Gasteiger partial charge in [-0.25, -0.2) is 0 Å². The highest BCUT2D eigenvalue weighted by Crippen LogP contribution is 2.32. The van der Waals surface area contributed by atoms with Crippen LogP contribution >= 0.6 is 0 Å². The third kappa shape index (κ3) is 3.67. The van der Waals surface area contributed by atoms with E-state index in [9.17, 15) is 8.78 Å². The fourth-order valence-corrected chi connectivity index (χ4v) is 2.80. The molecule has 3 nitrogen and oxygen atoms in total. The fraction of sp³-hybridized carbons (Fsp3) is 0.600. The molecule has 1 aliphatic heterocycles. The van der Waals surface area contributed by atoms with Crippen molar-refractivity contribution in [2.75, 3.05) is 19.6 Å². The summed E-state index contributed by atoms with van der Waals surface area (Å²) in [5.41, 5.74) is 6.51. The van der Waals surface area contributed by atoms with Gasteiger partial charge < -0.3 is 10.5 Å². The molecule has 0 amide bonds. The second-order valence-corrected chi connectivity index (χ2v) is 5.31. The van der Waals surface area contributed by atoms with Crippen LogP contribution in [-0.2, 0) is 0 Å². The van der Waals surface area contributed by atoms with Gasteiger partial charge in [-0.15, -0.1) is 0 Å². The van der Waals surface area contributed by atoms with Crippen LogP contribution in [0.2, 0.25) is 0 Å². The van der Waals surface area contributed by atoms with Crippen molar-refractivity contribution in [2.24, 2.45) is 11.7 Å². The Hall–Kier alpha value is -1.20. The van der Waals surface area contributed by atoms with Crippen molar-refractivity contribution in [1.82, 2.24) is 4.90 Å². The van der Waals surface area contributed by atoms with E-state index in [4.69, 9.17) is 5.73 Å². The average Bonchev–Trinajstić information content (AvgIpc) is 2.46. The fourth-order valence-electron chi connectivity index (χ4n) is 2.80. The molecule has 5 heteroatoms. The van der Waals surface area contributed by atoms with E-state index < -0.39 is 6.61 Å². The van der Waals surface area contributed by atoms with Crippen LogP contribution in [0.1, 0.15) is 31.4 Å². The predicted octanol–water partition coefficient (Wildman–Crippen LogP) is 3.02. The van der Waals surface area contributed by atoms with Crippen LogP contribution in [-0.4, -0.2) is 31.1 Å². The molecule has 1 aliphatic rings. The number of likely N-dealkylation sites (tertiary alicyclic amines) is 1. The Balaban J connectivity index is 2.07. The number of benzene rings is 1. The summed E-state index contributed by atoms with van der Waals surface area (Å²) in [4.78, 5) is 2.31. The zero-order valence-corrected chi connectivity index (χ0v) is 11.8. The Kier molecular flexibility index (Phi) is 5.31. The van der Waals surface area contributed by atoms with Gasteiger partial charge in [0, 0.05) is 11.6 Å². The van der Waals surface area contributed by atoms with Crippen molar-refractivity contribution >= 4 is 0 Å². The Bertz CT molecular complexity index is 420. The lowest BCUT2D eigenvalue weighted by Gasteiger charge is -2.36. The Morgan fingerprint density at radius 1 is 1.30 bits per heavy atom. The molecular weight excluding hydrogens is 262 g/mol. The molecule has 0 radical (unpaired) electrons. The summed E-state index contributed by atoms with van der Waals surface area (Å²) in [6.45, 7) is 1.88. The second-order valence-electron chi connectivity index (χ2n) is 5.31. The summed E-state index contributed by atoms with van der Waals surface area (Å²) in [5.74, 6) is 0.863. The lowest BCUT2D eigenvalue weighted by Crippen LogP contribution is -2.37. The minimum absolute atomic E-state index is 0.0728. The van der Waals surface area contributed by atoms with Crippen molar-refractivity contribution in [3.63, 3.8) is 0 Å². The van der Waals surface area contributed by atoms with Gasteiger partial charge in [0.05, 0.1) is 0 Å². The number of ether oxygens (including phenoxy) is 1. The van der Waals surface area contributed by atoms with Crippen molar-refractivity contribution in [3.8, 4) is 5.75 Å². The van der Waals surface area contributed by atoms with E-state index in [0.717, 1.165) is 38.0 Å². The van der Waals surface area contributed by atoms with Gasteiger partial charge in [0.25, 0.3) is 0 Å². The first kappa shape index (κ1) is 15.2. The van der Waals surface area contributed by atoms with Crippen LogP contribution < -0.4 is 10.5 Å². The van der Waals surface area contributed by atoms with Crippen LogP contribution in [0.3, 0.4) is 0 Å². The summed E-state index contributed by atoms with van der Waals surface area (Å²) in [5, 5.41) is 0. The number of hydrogen-bond acceptors (Lipinski definition) is 3. The number of para-hydroxylation sites is 1. The largest absolute Gasteiger partial charge is 0.434 e. The highest BCUT2D eigenvalue weighted by atomic mass is 19.3. The van der Waals surface area contributed by atoms with Gasteiger partial charge in [-0.2, -0.15) is 8.78 Å². The number of halogens is 2. The Morgan fingerprint density at radius 3 is 2.55 bits per heavy atom. The lowest BCUT2D eigenvalue weighted by molar-refractivity contribution is -0.0512. The molecule has 2 rings (SSSR count). The zero-order valence-electron chi connectivity index (χ0n) is 11.8. The molecule has 0 saturated carbocycles. The SMILES string of the molecule is CC(c1ccccc1OC(F)F)N1CCC(CN)CC1. The van der Waals surface area contributed by atoms with E-state index in [1.54, 1.807) is 12.1 Å². The molecule has 1 aromatic carbocycles. The van der Waals surface area contributed by atoms with Crippen LogP contribution in [0.4, 0.5) is 8.78 Å². The highest BCUT2D eigenvalue weighted by Gasteiger charge is 2.25. The predicted molar refractivity (Wildman–Crippen MR) is 74.8 cm³/mol. The maximum absolute atomic E-state index is 12.5. The quantitative estimate of drug-likeness (QED) is 0.903. The van der Waals surface area contributed by atoms with Crippen molar-refractivity contribution in [2.45, 2.75) is 32.4 Å². The van der Waals surface area contributed by atoms with Crippen LogP contribution in [0.5, 0.6) is 5.75 Å². The third-order valence-corrected chi connectivity index (χ3v) is 4.12. The molecule has 1 unspecified atom stereocenters. The minimum Gasteiger partial charge on any atom is -0.434 e. The molecule has 1 atom stereocenters. The summed E-state index contributed by atoms with van der Waals surface area (Å²) in [6, 6.07) is 7.11. The highest BCUT2D eigenvalue weighted by molar-refractivity contribution is 5.35. The molecule has 0 spiro atoms. The normalized spacial score (nSPS) is 19.2. The standard InChI is InChI=1S/C15H22F2N2O/c1-11(19-8-6-12(10-18)7-9-19)13-4-2-3-5-14(13)20-15(16)17/h2-5,11-12,15H,6-10,18H2,1H3. The number of piperidine rings is 1. The Morgan fingerprint density at radius 2 is 1.95 bits per heavy atom. The molecule has 1 heterocycles. The van der Waals surface area contributed by atoms with E-state index in [-0.39, 0.29) is 11.8 Å². The van der Waals surface area contributed by atoms with E-state index in [1.807, 2.05) is 19.1 Å². The first-order valence-electron chi connectivity index (χ1n) is 7.09. The molecule has 112 valence electrons. The number of hydrogen-bond donors (Lipinski definition) is 1. The van der Waals surface area contributed by atoms with Crippen LogP contribution in [0.25, 0.3) is 0 Å². The first-order valence-corrected chi connectivity index (χ1v) is 7.09.